The van der Waals surface area contributed by atoms with Gasteiger partial charge in [0.1, 0.15) is 18.2 Å². The van der Waals surface area contributed by atoms with Crippen molar-refractivity contribution in [3.8, 4) is 17.3 Å². The molecule has 2 aromatic heterocycles. The fraction of sp³-hybridized carbons (Fsp3) is 0.267. The zero-order valence-corrected chi connectivity index (χ0v) is 19.2. The quantitative estimate of drug-likeness (QED) is 0.313. The number of aryl methyl sites for hydroxylation is 2. The van der Waals surface area contributed by atoms with Crippen LogP contribution in [0.5, 0.6) is 0 Å². The summed E-state index contributed by atoms with van der Waals surface area (Å²) in [7, 11) is 1.99. The van der Waals surface area contributed by atoms with Crippen LogP contribution in [-0.4, -0.2) is 0 Å². The van der Waals surface area contributed by atoms with E-state index in [-0.39, 0.29) is 6.42 Å². The average molecular weight is 436 g/mol. The molecule has 33 heavy (non-hydrogen) atoms. The molecule has 0 radical (unpaired) electrons. The van der Waals surface area contributed by atoms with Crippen molar-refractivity contribution >= 4 is 27.5 Å². The number of aromatic nitrogens is 1. The molecular weight excluding hydrogens is 404 g/mol. The van der Waals surface area contributed by atoms with Crippen LogP contribution in [0, 0.1) is 23.7 Å². The molecule has 6 rings (SSSR count). The first-order valence-corrected chi connectivity index (χ1v) is 11.2. The summed E-state index contributed by atoms with van der Waals surface area (Å²) in [5.74, 6) is 0. The highest BCUT2D eigenvalue weighted by molar-refractivity contribution is 6.13. The number of fused-ring (bicyclic) bond motifs is 3. The van der Waals surface area contributed by atoms with Crippen LogP contribution in [0.1, 0.15) is 55.2 Å². The summed E-state index contributed by atoms with van der Waals surface area (Å²) < 4.78 is 43.5. The summed E-state index contributed by atoms with van der Waals surface area (Å²) in [4.78, 5) is 0. The van der Waals surface area contributed by atoms with Gasteiger partial charge in [-0.1, -0.05) is 37.6 Å². The zero-order valence-electron chi connectivity index (χ0n) is 23.2. The van der Waals surface area contributed by atoms with Gasteiger partial charge >= 0.3 is 0 Å². The molecule has 0 amide bonds. The van der Waals surface area contributed by atoms with Crippen molar-refractivity contribution in [3.63, 3.8) is 0 Å². The van der Waals surface area contributed by atoms with Gasteiger partial charge in [0.2, 0.25) is 5.69 Å². The maximum absolute atomic E-state index is 10.1. The second-order valence-electron chi connectivity index (χ2n) is 9.47. The van der Waals surface area contributed by atoms with E-state index >= 15 is 0 Å². The Morgan fingerprint density at radius 1 is 1.03 bits per heavy atom. The molecule has 0 aliphatic heterocycles. The van der Waals surface area contributed by atoms with Gasteiger partial charge in [0.15, 0.2) is 6.20 Å². The first-order valence-electron chi connectivity index (χ1n) is 13.2. The van der Waals surface area contributed by atoms with E-state index in [1.807, 2.05) is 75.0 Å². The zero-order chi connectivity index (χ0) is 26.5. The Morgan fingerprint density at radius 2 is 1.79 bits per heavy atom. The molecule has 0 N–H and O–H groups in total. The normalized spacial score (nSPS) is 21.8. The smallest absolute Gasteiger partial charge is 0.216 e. The van der Waals surface area contributed by atoms with E-state index in [0.717, 1.165) is 27.6 Å². The van der Waals surface area contributed by atoms with Crippen LogP contribution in [0.25, 0.3) is 38.8 Å². The largest absolute Gasteiger partial charge is 0.454 e. The second-order valence-corrected chi connectivity index (χ2v) is 9.47. The van der Waals surface area contributed by atoms with E-state index < -0.39 is 18.2 Å². The highest BCUT2D eigenvalue weighted by atomic mass is 16.3. The molecule has 2 aromatic carbocycles. The second kappa shape index (κ2) is 6.93. The fourth-order valence-corrected chi connectivity index (χ4v) is 5.34. The topological polar surface area (TPSA) is 40.8 Å². The lowest BCUT2D eigenvalue weighted by atomic mass is 9.86. The minimum Gasteiger partial charge on any atom is -0.454 e. The fourth-order valence-electron chi connectivity index (χ4n) is 5.34. The van der Waals surface area contributed by atoms with Crippen LogP contribution in [0.4, 0.5) is 0 Å². The number of allylic oxidation sites excluding steroid dienone is 4. The van der Waals surface area contributed by atoms with Crippen LogP contribution < -0.4 is 4.57 Å². The van der Waals surface area contributed by atoms with Crippen molar-refractivity contribution in [2.24, 2.45) is 12.5 Å². The van der Waals surface area contributed by atoms with Crippen molar-refractivity contribution < 1.29 is 14.5 Å². The van der Waals surface area contributed by atoms with Crippen molar-refractivity contribution in [2.45, 2.75) is 39.9 Å². The Morgan fingerprint density at radius 3 is 2.55 bits per heavy atom. The number of rotatable bonds is 2. The molecule has 0 fully saturated rings. The molecule has 0 spiro atoms. The van der Waals surface area contributed by atoms with Gasteiger partial charge < -0.3 is 4.42 Å². The summed E-state index contributed by atoms with van der Waals surface area (Å²) in [5.41, 5.74) is 5.88. The van der Waals surface area contributed by atoms with Gasteiger partial charge in [-0.25, -0.2) is 4.57 Å². The van der Waals surface area contributed by atoms with Crippen molar-refractivity contribution in [3.05, 3.63) is 82.6 Å². The van der Waals surface area contributed by atoms with E-state index in [4.69, 9.17) is 9.90 Å². The average Bonchev–Trinajstić information content (AvgIpc) is 3.39. The van der Waals surface area contributed by atoms with Crippen molar-refractivity contribution in [1.82, 2.24) is 0 Å². The van der Waals surface area contributed by atoms with Gasteiger partial charge in [-0.2, -0.15) is 5.26 Å². The summed E-state index contributed by atoms with van der Waals surface area (Å²) in [6.45, 7) is 5.87. The van der Waals surface area contributed by atoms with E-state index in [9.17, 15) is 5.26 Å². The number of furan rings is 1. The molecule has 162 valence electrons. The Hall–Kier alpha value is -3.64. The molecule has 0 unspecified atom stereocenters. The minimum atomic E-state index is -1.86. The maximum atomic E-state index is 10.1. The predicted molar refractivity (Wildman–Crippen MR) is 132 cm³/mol. The van der Waals surface area contributed by atoms with Crippen LogP contribution in [0.2, 0.25) is 0 Å². The van der Waals surface area contributed by atoms with Crippen LogP contribution in [0.15, 0.2) is 70.3 Å². The molecule has 3 nitrogen and oxygen atoms in total. The monoisotopic (exact) mass is 435 g/mol. The van der Waals surface area contributed by atoms with E-state index in [1.165, 1.54) is 0 Å². The minimum absolute atomic E-state index is 0.239. The molecule has 2 aliphatic carbocycles. The number of nitrogens with zero attached hydrogens (tertiary/aromatic N) is 2. The standard InChI is InChI=1S/C30H27N2O/c1-18-11-13-21-22-14-12-19(17-31)27(23-16-30(2,3)24-9-7-8-20(23)24)29(22)33-28(21)26(18)25-10-5-6-15-32(25)4/h5-6,10-16H,7-9H2,1-4H3/q+1/i8D2,9D2. The molecule has 2 aliphatic rings. The summed E-state index contributed by atoms with van der Waals surface area (Å²) in [5, 5.41) is 11.9. The number of benzene rings is 2. The van der Waals surface area contributed by atoms with Gasteiger partial charge in [0.05, 0.1) is 17.2 Å². The van der Waals surface area contributed by atoms with Gasteiger partial charge in [-0.15, -0.1) is 0 Å². The number of nitriles is 1. The van der Waals surface area contributed by atoms with Crippen LogP contribution in [-0.2, 0) is 7.05 Å². The van der Waals surface area contributed by atoms with Crippen LogP contribution in [0.3, 0.4) is 0 Å². The van der Waals surface area contributed by atoms with E-state index in [2.05, 4.69) is 12.1 Å². The van der Waals surface area contributed by atoms with Crippen LogP contribution >= 0.6 is 0 Å². The highest BCUT2D eigenvalue weighted by Crippen LogP contribution is 2.53. The van der Waals surface area contributed by atoms with Gasteiger partial charge in [-0.3, -0.25) is 0 Å². The summed E-state index contributed by atoms with van der Waals surface area (Å²) in [6.07, 6.45) is 0.0291. The lowest BCUT2D eigenvalue weighted by molar-refractivity contribution is -0.660. The first-order chi connectivity index (χ1) is 17.4. The SMILES string of the molecule is [2H]C1([2H])CC([2H])([2H])C2=C1C(c1c(C#N)ccc3c1oc1c(-c4cccc[n+]4C)c(C)ccc13)=CC2(C)C. The number of pyridine rings is 1. The van der Waals surface area contributed by atoms with E-state index in [1.54, 1.807) is 6.07 Å². The Labute approximate surface area is 199 Å². The lowest BCUT2D eigenvalue weighted by Gasteiger charge is -2.18. The first kappa shape index (κ1) is 16.0. The Bertz CT molecular complexity index is 1770. The predicted octanol–water partition coefficient (Wildman–Crippen LogP) is 7.16. The molecule has 0 bridgehead atoms. The maximum Gasteiger partial charge on any atom is 0.216 e. The molecule has 0 saturated carbocycles. The molecule has 0 saturated heterocycles. The molecule has 0 atom stereocenters. The third kappa shape index (κ3) is 2.77. The summed E-state index contributed by atoms with van der Waals surface area (Å²) in [6, 6.07) is 16.1. The highest BCUT2D eigenvalue weighted by Gasteiger charge is 2.37. The van der Waals surface area contributed by atoms with Gasteiger partial charge in [0.25, 0.3) is 0 Å². The number of hydrogen-bond donors (Lipinski definition) is 0. The third-order valence-corrected chi connectivity index (χ3v) is 6.92. The van der Waals surface area contributed by atoms with Crippen molar-refractivity contribution in [2.75, 3.05) is 0 Å². The van der Waals surface area contributed by atoms with Gasteiger partial charge in [-0.05, 0) is 61.0 Å². The Kier molecular flexibility index (Phi) is 3.37. The molecule has 2 heterocycles. The van der Waals surface area contributed by atoms with Gasteiger partial charge in [0, 0.05) is 39.4 Å². The summed E-state index contributed by atoms with van der Waals surface area (Å²) >= 11 is 0. The molecule has 3 heteroatoms. The third-order valence-electron chi connectivity index (χ3n) is 6.92. The van der Waals surface area contributed by atoms with E-state index in [0.29, 0.717) is 39.0 Å². The van der Waals surface area contributed by atoms with Crippen molar-refractivity contribution in [1.29, 1.82) is 5.26 Å². The number of hydrogen-bond acceptors (Lipinski definition) is 2. The lowest BCUT2D eigenvalue weighted by Crippen LogP contribution is -2.30. The Balaban J connectivity index is 1.73. The molecular formula is C30H27N2O+. The molecule has 4 aromatic rings.